The van der Waals surface area contributed by atoms with Gasteiger partial charge in [0.1, 0.15) is 5.75 Å². The lowest BCUT2D eigenvalue weighted by Crippen LogP contribution is -2.02. The molecule has 0 aliphatic rings. The number of hydrogen-bond donors (Lipinski definition) is 3. The van der Waals surface area contributed by atoms with Crippen molar-refractivity contribution in [1.82, 2.24) is 0 Å². The van der Waals surface area contributed by atoms with Crippen LogP contribution in [0.4, 0.5) is 0 Å². The van der Waals surface area contributed by atoms with E-state index in [1.165, 1.54) is 25.3 Å². The molecule has 76 valence electrons. The second kappa shape index (κ2) is 4.08. The molecular weight excluding hydrogens is 188 g/mol. The summed E-state index contributed by atoms with van der Waals surface area (Å²) >= 11 is 0. The van der Waals surface area contributed by atoms with Crippen molar-refractivity contribution < 1.29 is 24.9 Å². The van der Waals surface area contributed by atoms with E-state index in [0.29, 0.717) is 0 Å². The Balaban J connectivity index is 3.18. The minimum Gasteiger partial charge on any atom is -0.496 e. The molecule has 0 saturated heterocycles. The van der Waals surface area contributed by atoms with Crippen molar-refractivity contribution in [2.75, 3.05) is 7.11 Å². The SMILES string of the molecule is COc1cc(C(=O)O)ccc1C(O)O. The van der Waals surface area contributed by atoms with Crippen molar-refractivity contribution in [2.24, 2.45) is 0 Å². The van der Waals surface area contributed by atoms with E-state index in [4.69, 9.17) is 20.1 Å². The molecule has 0 amide bonds. The van der Waals surface area contributed by atoms with Gasteiger partial charge in [-0.1, -0.05) is 0 Å². The zero-order valence-corrected chi connectivity index (χ0v) is 7.47. The van der Waals surface area contributed by atoms with Crippen molar-refractivity contribution >= 4 is 5.97 Å². The number of carboxylic acid groups (broad SMARTS) is 1. The second-order valence-electron chi connectivity index (χ2n) is 2.64. The Bertz CT molecular complexity index is 345. The Morgan fingerprint density at radius 1 is 1.43 bits per heavy atom. The predicted molar refractivity (Wildman–Crippen MR) is 47.1 cm³/mol. The normalized spacial score (nSPS) is 10.3. The molecule has 0 aromatic heterocycles. The minimum atomic E-state index is -1.67. The molecule has 1 aromatic rings. The molecule has 0 fully saturated rings. The maximum Gasteiger partial charge on any atom is 0.335 e. The Kier molecular flexibility index (Phi) is 3.06. The number of benzene rings is 1. The largest absolute Gasteiger partial charge is 0.496 e. The molecule has 1 rings (SSSR count). The van der Waals surface area contributed by atoms with Crippen LogP contribution in [0.25, 0.3) is 0 Å². The molecule has 0 aliphatic carbocycles. The molecule has 0 spiro atoms. The Morgan fingerprint density at radius 2 is 2.07 bits per heavy atom. The first-order chi connectivity index (χ1) is 6.56. The summed E-state index contributed by atoms with van der Waals surface area (Å²) in [5, 5.41) is 26.4. The standard InChI is InChI=1S/C9H10O5/c1-14-7-4-5(8(10)11)2-3-6(7)9(12)13/h2-4,9,12-13H,1H3,(H,10,11). The van der Waals surface area contributed by atoms with Gasteiger partial charge >= 0.3 is 5.97 Å². The van der Waals surface area contributed by atoms with Crippen LogP contribution in [-0.2, 0) is 0 Å². The van der Waals surface area contributed by atoms with E-state index in [2.05, 4.69) is 0 Å². The lowest BCUT2D eigenvalue weighted by Gasteiger charge is -2.10. The van der Waals surface area contributed by atoms with Gasteiger partial charge in [-0.3, -0.25) is 0 Å². The van der Waals surface area contributed by atoms with Crippen molar-refractivity contribution in [3.63, 3.8) is 0 Å². The summed E-state index contributed by atoms with van der Waals surface area (Å²) in [6.07, 6.45) is -1.67. The number of methoxy groups -OCH3 is 1. The fourth-order valence-corrected chi connectivity index (χ4v) is 1.06. The third-order valence-electron chi connectivity index (χ3n) is 1.76. The molecule has 0 saturated carbocycles. The topological polar surface area (TPSA) is 87.0 Å². The van der Waals surface area contributed by atoms with Crippen molar-refractivity contribution in [3.8, 4) is 5.75 Å². The van der Waals surface area contributed by atoms with E-state index in [-0.39, 0.29) is 16.9 Å². The summed E-state index contributed by atoms with van der Waals surface area (Å²) in [5.41, 5.74) is 0.170. The van der Waals surface area contributed by atoms with Gasteiger partial charge in [0, 0.05) is 5.56 Å². The molecule has 0 atom stereocenters. The highest BCUT2D eigenvalue weighted by Gasteiger charge is 2.12. The van der Waals surface area contributed by atoms with Gasteiger partial charge < -0.3 is 20.1 Å². The number of carboxylic acids is 1. The van der Waals surface area contributed by atoms with Gasteiger partial charge in [0.2, 0.25) is 0 Å². The first kappa shape index (κ1) is 10.5. The van der Waals surface area contributed by atoms with Gasteiger partial charge in [0.05, 0.1) is 12.7 Å². The molecule has 0 unspecified atom stereocenters. The van der Waals surface area contributed by atoms with Crippen molar-refractivity contribution in [3.05, 3.63) is 29.3 Å². The van der Waals surface area contributed by atoms with Crippen molar-refractivity contribution in [2.45, 2.75) is 6.29 Å². The van der Waals surface area contributed by atoms with Gasteiger partial charge in [0.15, 0.2) is 6.29 Å². The molecular formula is C9H10O5. The summed E-state index contributed by atoms with van der Waals surface area (Å²) < 4.78 is 4.81. The molecule has 0 heterocycles. The van der Waals surface area contributed by atoms with Gasteiger partial charge in [-0.25, -0.2) is 4.79 Å². The lowest BCUT2D eigenvalue weighted by atomic mass is 10.1. The maximum atomic E-state index is 10.6. The molecule has 5 nitrogen and oxygen atoms in total. The van der Waals surface area contributed by atoms with E-state index in [1.807, 2.05) is 0 Å². The summed E-state index contributed by atoms with van der Waals surface area (Å²) in [4.78, 5) is 10.6. The number of aliphatic hydroxyl groups is 2. The predicted octanol–water partition coefficient (Wildman–Crippen LogP) is 0.377. The molecule has 0 aliphatic heterocycles. The highest BCUT2D eigenvalue weighted by molar-refractivity contribution is 5.88. The number of carbonyl (C=O) groups is 1. The van der Waals surface area contributed by atoms with Crippen molar-refractivity contribution in [1.29, 1.82) is 0 Å². The van der Waals surface area contributed by atoms with E-state index in [1.54, 1.807) is 0 Å². The first-order valence-corrected chi connectivity index (χ1v) is 3.83. The van der Waals surface area contributed by atoms with Gasteiger partial charge in [0.25, 0.3) is 0 Å². The Morgan fingerprint density at radius 3 is 2.50 bits per heavy atom. The molecule has 1 aromatic carbocycles. The average Bonchev–Trinajstić information content (AvgIpc) is 2.16. The summed E-state index contributed by atoms with van der Waals surface area (Å²) in [5.74, 6) is -0.956. The number of hydrogen-bond acceptors (Lipinski definition) is 4. The fraction of sp³-hybridized carbons (Fsp3) is 0.222. The van der Waals surface area contributed by atoms with Gasteiger partial charge in [-0.2, -0.15) is 0 Å². The Hall–Kier alpha value is -1.59. The van der Waals surface area contributed by atoms with Gasteiger partial charge in [-0.05, 0) is 18.2 Å². The van der Waals surface area contributed by atoms with E-state index in [0.717, 1.165) is 0 Å². The van der Waals surface area contributed by atoms with E-state index >= 15 is 0 Å². The zero-order valence-electron chi connectivity index (χ0n) is 7.47. The zero-order chi connectivity index (χ0) is 10.7. The van der Waals surface area contributed by atoms with Crippen LogP contribution in [0.2, 0.25) is 0 Å². The highest BCUT2D eigenvalue weighted by Crippen LogP contribution is 2.24. The van der Waals surface area contributed by atoms with Crippen LogP contribution in [-0.4, -0.2) is 28.4 Å². The Labute approximate surface area is 80.2 Å². The molecule has 3 N–H and O–H groups in total. The average molecular weight is 198 g/mol. The number of ether oxygens (including phenoxy) is 1. The number of aromatic carboxylic acids is 1. The molecule has 5 heteroatoms. The van der Waals surface area contributed by atoms with Crippen LogP contribution in [0, 0.1) is 0 Å². The summed E-state index contributed by atoms with van der Waals surface area (Å²) in [7, 11) is 1.33. The smallest absolute Gasteiger partial charge is 0.335 e. The number of aliphatic hydroxyl groups excluding tert-OH is 1. The molecule has 0 radical (unpaired) electrons. The monoisotopic (exact) mass is 198 g/mol. The van der Waals surface area contributed by atoms with Gasteiger partial charge in [-0.15, -0.1) is 0 Å². The first-order valence-electron chi connectivity index (χ1n) is 3.83. The fourth-order valence-electron chi connectivity index (χ4n) is 1.06. The van der Waals surface area contributed by atoms with Crippen LogP contribution < -0.4 is 4.74 Å². The highest BCUT2D eigenvalue weighted by atomic mass is 16.5. The van der Waals surface area contributed by atoms with Crippen LogP contribution >= 0.6 is 0 Å². The van der Waals surface area contributed by atoms with Crippen LogP contribution in [0.5, 0.6) is 5.75 Å². The second-order valence-corrected chi connectivity index (χ2v) is 2.64. The minimum absolute atomic E-state index is 0.0336. The third-order valence-corrected chi connectivity index (χ3v) is 1.76. The van der Waals surface area contributed by atoms with E-state index in [9.17, 15) is 4.79 Å². The van der Waals surface area contributed by atoms with E-state index < -0.39 is 12.3 Å². The summed E-state index contributed by atoms with van der Waals surface area (Å²) in [6.45, 7) is 0. The molecule has 14 heavy (non-hydrogen) atoms. The number of rotatable bonds is 3. The lowest BCUT2D eigenvalue weighted by molar-refractivity contribution is -0.0439. The third kappa shape index (κ3) is 2.01. The van der Waals surface area contributed by atoms with Crippen LogP contribution in [0.3, 0.4) is 0 Å². The quantitative estimate of drug-likeness (QED) is 0.611. The van der Waals surface area contributed by atoms with Crippen LogP contribution in [0.1, 0.15) is 22.2 Å². The maximum absolute atomic E-state index is 10.6. The molecule has 0 bridgehead atoms. The van der Waals surface area contributed by atoms with Crippen LogP contribution in [0.15, 0.2) is 18.2 Å². The summed E-state index contributed by atoms with van der Waals surface area (Å²) in [6, 6.07) is 3.81.